The van der Waals surface area contributed by atoms with Crippen LogP contribution in [0.5, 0.6) is 0 Å². The molecule has 0 bridgehead atoms. The van der Waals surface area contributed by atoms with Gasteiger partial charge in [0.15, 0.2) is 6.20 Å². The zero-order chi connectivity index (χ0) is 20.8. The molecule has 0 amide bonds. The van der Waals surface area contributed by atoms with E-state index in [9.17, 15) is 0 Å². The molecule has 0 radical (unpaired) electrons. The maximum absolute atomic E-state index is 2.51. The SMILES string of the molecule is Cc1ccc2cccc3c2c1c1c2c(cc[n+]1C)c1ccc(CC(C)(C)C)cc1n32. The number of benzene rings is 3. The molecule has 0 aliphatic rings. The Morgan fingerprint density at radius 1 is 0.867 bits per heavy atom. The summed E-state index contributed by atoms with van der Waals surface area (Å²) in [5.74, 6) is 0. The van der Waals surface area contributed by atoms with E-state index >= 15 is 0 Å². The summed E-state index contributed by atoms with van der Waals surface area (Å²) < 4.78 is 4.81. The molecule has 0 unspecified atom stereocenters. The largest absolute Gasteiger partial charge is 0.303 e. The predicted octanol–water partition coefficient (Wildman–Crippen LogP) is 6.71. The first-order chi connectivity index (χ1) is 14.3. The van der Waals surface area contributed by atoms with Gasteiger partial charge in [0.25, 0.3) is 0 Å². The first-order valence-corrected chi connectivity index (χ1v) is 10.8. The lowest BCUT2D eigenvalue weighted by Crippen LogP contribution is -2.28. The van der Waals surface area contributed by atoms with Gasteiger partial charge in [-0.3, -0.25) is 0 Å². The summed E-state index contributed by atoms with van der Waals surface area (Å²) in [6, 6.07) is 20.6. The molecule has 0 aliphatic heterocycles. The maximum Gasteiger partial charge on any atom is 0.238 e. The van der Waals surface area contributed by atoms with Gasteiger partial charge in [0.05, 0.1) is 16.4 Å². The minimum absolute atomic E-state index is 0.267. The summed E-state index contributed by atoms with van der Waals surface area (Å²) in [6.45, 7) is 9.18. The quantitative estimate of drug-likeness (QED) is 0.167. The van der Waals surface area contributed by atoms with Gasteiger partial charge in [0.1, 0.15) is 12.6 Å². The third-order valence-corrected chi connectivity index (χ3v) is 6.56. The zero-order valence-electron chi connectivity index (χ0n) is 18.4. The lowest BCUT2D eigenvalue weighted by Gasteiger charge is -2.18. The van der Waals surface area contributed by atoms with Crippen molar-refractivity contribution in [2.45, 2.75) is 34.1 Å². The summed E-state index contributed by atoms with van der Waals surface area (Å²) >= 11 is 0. The molecular weight excluding hydrogens is 364 g/mol. The molecule has 3 heterocycles. The number of pyridine rings is 2. The fraction of sp³-hybridized carbons (Fsp3) is 0.250. The van der Waals surface area contributed by atoms with Crippen LogP contribution in [0.25, 0.3) is 49.0 Å². The summed E-state index contributed by atoms with van der Waals surface area (Å²) in [7, 11) is 2.17. The van der Waals surface area contributed by atoms with E-state index in [2.05, 4.69) is 105 Å². The number of aromatic nitrogens is 2. The minimum atomic E-state index is 0.267. The van der Waals surface area contributed by atoms with Crippen molar-refractivity contribution in [3.05, 3.63) is 71.9 Å². The first kappa shape index (κ1) is 17.7. The molecule has 0 N–H and O–H groups in total. The molecular formula is C28H27N2+. The van der Waals surface area contributed by atoms with E-state index in [4.69, 9.17) is 0 Å². The molecule has 6 aromatic rings. The van der Waals surface area contributed by atoms with Gasteiger partial charge in [-0.2, -0.15) is 4.57 Å². The first-order valence-electron chi connectivity index (χ1n) is 10.8. The Labute approximate surface area is 176 Å². The van der Waals surface area contributed by atoms with Crippen LogP contribution >= 0.6 is 0 Å². The number of hydrogen-bond donors (Lipinski definition) is 0. The van der Waals surface area contributed by atoms with E-state index in [1.165, 1.54) is 60.1 Å². The highest BCUT2D eigenvalue weighted by Gasteiger charge is 2.24. The Bertz CT molecular complexity index is 1610. The van der Waals surface area contributed by atoms with Crippen molar-refractivity contribution in [2.75, 3.05) is 0 Å². The van der Waals surface area contributed by atoms with Crippen molar-refractivity contribution in [1.82, 2.24) is 4.40 Å². The van der Waals surface area contributed by atoms with Crippen LogP contribution < -0.4 is 4.57 Å². The second-order valence-corrected chi connectivity index (χ2v) is 10.1. The van der Waals surface area contributed by atoms with Crippen molar-refractivity contribution in [3.63, 3.8) is 0 Å². The van der Waals surface area contributed by atoms with Gasteiger partial charge in [0.2, 0.25) is 5.52 Å². The number of fused-ring (bicyclic) bond motifs is 5. The van der Waals surface area contributed by atoms with Crippen molar-refractivity contribution in [1.29, 1.82) is 0 Å². The standard InChI is InChI=1S/C28H27N2/c1-17-9-11-19-7-6-8-22-25(19)24(17)27-26-21(13-14-29(27)5)20-12-10-18(16-28(2,3)4)15-23(20)30(22)26/h6-15H,16H2,1-5H3/q+1. The second kappa shape index (κ2) is 5.72. The molecule has 0 saturated heterocycles. The Morgan fingerprint density at radius 2 is 1.70 bits per heavy atom. The van der Waals surface area contributed by atoms with E-state index in [0.29, 0.717) is 0 Å². The molecule has 6 rings (SSSR count). The number of hydrogen-bond acceptors (Lipinski definition) is 0. The highest BCUT2D eigenvalue weighted by molar-refractivity contribution is 6.25. The maximum atomic E-state index is 2.51. The average molecular weight is 392 g/mol. The molecule has 0 atom stereocenters. The Hall–Kier alpha value is -3.13. The third kappa shape index (κ3) is 2.28. The van der Waals surface area contributed by atoms with E-state index in [1.54, 1.807) is 0 Å². The Morgan fingerprint density at radius 3 is 2.50 bits per heavy atom. The van der Waals surface area contributed by atoms with Crippen LogP contribution in [0, 0.1) is 12.3 Å². The topological polar surface area (TPSA) is 8.29 Å². The normalized spacial score (nSPS) is 13.0. The summed E-state index contributed by atoms with van der Waals surface area (Å²) in [5, 5.41) is 6.73. The Balaban J connectivity index is 1.93. The summed E-state index contributed by atoms with van der Waals surface area (Å²) in [5.41, 5.74) is 8.28. The van der Waals surface area contributed by atoms with Gasteiger partial charge in [0, 0.05) is 22.2 Å². The van der Waals surface area contributed by atoms with Crippen molar-refractivity contribution in [2.24, 2.45) is 12.5 Å². The molecule has 2 nitrogen and oxygen atoms in total. The van der Waals surface area contributed by atoms with E-state index in [-0.39, 0.29) is 5.41 Å². The molecule has 30 heavy (non-hydrogen) atoms. The van der Waals surface area contributed by atoms with Crippen molar-refractivity contribution >= 4 is 49.0 Å². The predicted molar refractivity (Wildman–Crippen MR) is 128 cm³/mol. The molecule has 0 aliphatic carbocycles. The smallest absolute Gasteiger partial charge is 0.238 e. The molecule has 0 saturated carbocycles. The van der Waals surface area contributed by atoms with E-state index in [1.807, 2.05) is 0 Å². The third-order valence-electron chi connectivity index (χ3n) is 6.56. The van der Waals surface area contributed by atoms with Gasteiger partial charge in [-0.05, 0) is 47.4 Å². The van der Waals surface area contributed by atoms with Gasteiger partial charge < -0.3 is 4.40 Å². The minimum Gasteiger partial charge on any atom is -0.303 e. The van der Waals surface area contributed by atoms with Gasteiger partial charge >= 0.3 is 0 Å². The fourth-order valence-electron chi connectivity index (χ4n) is 5.41. The number of aryl methyl sites for hydroxylation is 2. The van der Waals surface area contributed by atoms with E-state index in [0.717, 1.165) is 6.42 Å². The van der Waals surface area contributed by atoms with Crippen LogP contribution in [0.2, 0.25) is 0 Å². The summed E-state index contributed by atoms with van der Waals surface area (Å²) in [4.78, 5) is 0. The molecule has 148 valence electrons. The molecule has 2 heteroatoms. The van der Waals surface area contributed by atoms with Gasteiger partial charge in [-0.1, -0.05) is 57.2 Å². The van der Waals surface area contributed by atoms with Crippen LogP contribution in [0.1, 0.15) is 31.9 Å². The average Bonchev–Trinajstić information content (AvgIpc) is 3.01. The van der Waals surface area contributed by atoms with Crippen LogP contribution in [-0.2, 0) is 13.5 Å². The fourth-order valence-corrected chi connectivity index (χ4v) is 5.41. The highest BCUT2D eigenvalue weighted by atomic mass is 15.0. The second-order valence-electron chi connectivity index (χ2n) is 10.1. The van der Waals surface area contributed by atoms with Crippen LogP contribution in [-0.4, -0.2) is 4.40 Å². The van der Waals surface area contributed by atoms with Crippen molar-refractivity contribution in [3.8, 4) is 0 Å². The van der Waals surface area contributed by atoms with Gasteiger partial charge in [-0.25, -0.2) is 0 Å². The zero-order valence-corrected chi connectivity index (χ0v) is 18.4. The lowest BCUT2D eigenvalue weighted by molar-refractivity contribution is -0.644. The summed E-state index contributed by atoms with van der Waals surface area (Å²) in [6.07, 6.45) is 3.29. The molecule has 0 fully saturated rings. The number of rotatable bonds is 1. The molecule has 0 spiro atoms. The van der Waals surface area contributed by atoms with E-state index < -0.39 is 0 Å². The van der Waals surface area contributed by atoms with Crippen LogP contribution in [0.15, 0.2) is 60.8 Å². The Kier molecular flexibility index (Phi) is 3.38. The van der Waals surface area contributed by atoms with Crippen LogP contribution in [0.3, 0.4) is 0 Å². The lowest BCUT2D eigenvalue weighted by atomic mass is 9.88. The molecule has 3 aromatic carbocycles. The highest BCUT2D eigenvalue weighted by Crippen LogP contribution is 2.40. The monoisotopic (exact) mass is 391 g/mol. The molecule has 3 aromatic heterocycles. The van der Waals surface area contributed by atoms with Crippen molar-refractivity contribution < 1.29 is 4.57 Å². The van der Waals surface area contributed by atoms with Gasteiger partial charge in [-0.15, -0.1) is 0 Å². The van der Waals surface area contributed by atoms with Crippen LogP contribution in [0.4, 0.5) is 0 Å². The number of nitrogens with zero attached hydrogens (tertiary/aromatic N) is 2.